The van der Waals surface area contributed by atoms with E-state index in [2.05, 4.69) is 5.32 Å². The Morgan fingerprint density at radius 2 is 1.80 bits per heavy atom. The van der Waals surface area contributed by atoms with Crippen molar-refractivity contribution in [2.75, 3.05) is 19.0 Å². The first-order chi connectivity index (χ1) is 11.8. The maximum atomic E-state index is 12.2. The molecule has 1 aromatic carbocycles. The van der Waals surface area contributed by atoms with Crippen LogP contribution in [0.1, 0.15) is 21.5 Å². The number of carbonyl (C=O) groups is 1. The number of nitrogens with zero attached hydrogens (tertiary/aromatic N) is 4. The summed E-state index contributed by atoms with van der Waals surface area (Å²) in [6, 6.07) is 8.83. The minimum atomic E-state index is -0.623. The minimum Gasteiger partial charge on any atom is -0.355 e. The average Bonchev–Trinajstić information content (AvgIpc) is 2.62. The van der Waals surface area contributed by atoms with Gasteiger partial charge in [-0.15, -0.1) is 0 Å². The van der Waals surface area contributed by atoms with E-state index in [1.54, 1.807) is 43.3 Å². The molecule has 1 amide bonds. The molecule has 1 aromatic heterocycles. The van der Waals surface area contributed by atoms with Crippen molar-refractivity contribution in [3.63, 3.8) is 0 Å². The maximum Gasteiger partial charge on any atom is 0.332 e. The number of nitriles is 1. The summed E-state index contributed by atoms with van der Waals surface area (Å²) < 4.78 is 2.19. The molecule has 0 aliphatic carbocycles. The molecule has 0 saturated heterocycles. The summed E-state index contributed by atoms with van der Waals surface area (Å²) in [5, 5.41) is 11.9. The Morgan fingerprint density at radius 1 is 1.20 bits per heavy atom. The van der Waals surface area contributed by atoms with E-state index >= 15 is 0 Å². The predicted molar refractivity (Wildman–Crippen MR) is 93.6 cm³/mol. The third-order valence-corrected chi connectivity index (χ3v) is 3.97. The Morgan fingerprint density at radius 3 is 2.32 bits per heavy atom. The van der Waals surface area contributed by atoms with Crippen LogP contribution >= 0.6 is 0 Å². The van der Waals surface area contributed by atoms with Gasteiger partial charge in [0.1, 0.15) is 11.9 Å². The molecule has 130 valence electrons. The Bertz CT molecular complexity index is 964. The number of benzene rings is 1. The molecule has 0 aliphatic rings. The van der Waals surface area contributed by atoms with Crippen molar-refractivity contribution in [2.24, 2.45) is 14.1 Å². The molecule has 0 radical (unpaired) electrons. The van der Waals surface area contributed by atoms with Crippen LogP contribution in [-0.2, 0) is 20.6 Å². The first-order valence-electron chi connectivity index (χ1n) is 7.54. The largest absolute Gasteiger partial charge is 0.355 e. The van der Waals surface area contributed by atoms with Crippen LogP contribution in [0.3, 0.4) is 0 Å². The highest BCUT2D eigenvalue weighted by molar-refractivity contribution is 5.93. The number of hydrogen-bond donors (Lipinski definition) is 1. The van der Waals surface area contributed by atoms with Crippen molar-refractivity contribution < 1.29 is 4.79 Å². The van der Waals surface area contributed by atoms with Gasteiger partial charge in [-0.25, -0.2) is 4.79 Å². The van der Waals surface area contributed by atoms with Gasteiger partial charge in [0.25, 0.3) is 11.5 Å². The zero-order valence-corrected chi connectivity index (χ0v) is 14.5. The van der Waals surface area contributed by atoms with Gasteiger partial charge in [-0.1, -0.05) is 12.1 Å². The van der Waals surface area contributed by atoms with Gasteiger partial charge in [0, 0.05) is 40.3 Å². The van der Waals surface area contributed by atoms with Crippen molar-refractivity contribution in [3.05, 3.63) is 61.8 Å². The number of amides is 1. The molecule has 1 heterocycles. The second-order valence-electron chi connectivity index (χ2n) is 5.65. The third kappa shape index (κ3) is 3.30. The molecule has 0 atom stereocenters. The van der Waals surface area contributed by atoms with E-state index in [0.717, 1.165) is 10.1 Å². The molecular formula is C17H19N5O3. The monoisotopic (exact) mass is 341 g/mol. The van der Waals surface area contributed by atoms with Crippen LogP contribution in [0.25, 0.3) is 0 Å². The molecule has 8 heteroatoms. The SMILES string of the molecule is CNC(=O)c1ccc(CN(C)c2c(C#N)c(=O)n(C)c(=O)n2C)cc1. The predicted octanol–water partition coefficient (Wildman–Crippen LogP) is -0.0483. The Balaban J connectivity index is 2.41. The van der Waals surface area contributed by atoms with Crippen LogP contribution in [0.5, 0.6) is 0 Å². The maximum absolute atomic E-state index is 12.2. The number of anilines is 1. The summed E-state index contributed by atoms with van der Waals surface area (Å²) in [4.78, 5) is 37.5. The Hall–Kier alpha value is -3.34. The van der Waals surface area contributed by atoms with Crippen LogP contribution in [0.15, 0.2) is 33.9 Å². The molecule has 0 fully saturated rings. The highest BCUT2D eigenvalue weighted by Crippen LogP contribution is 2.16. The van der Waals surface area contributed by atoms with Gasteiger partial charge in [-0.3, -0.25) is 18.7 Å². The topological polar surface area (TPSA) is 100 Å². The fourth-order valence-electron chi connectivity index (χ4n) is 2.63. The summed E-state index contributed by atoms with van der Waals surface area (Å²) in [6.07, 6.45) is 0. The number of hydrogen-bond acceptors (Lipinski definition) is 5. The molecule has 0 unspecified atom stereocenters. The van der Waals surface area contributed by atoms with Gasteiger partial charge in [0.2, 0.25) is 0 Å². The number of aromatic nitrogens is 2. The zero-order valence-electron chi connectivity index (χ0n) is 14.5. The highest BCUT2D eigenvalue weighted by Gasteiger charge is 2.19. The second-order valence-corrected chi connectivity index (χ2v) is 5.65. The van der Waals surface area contributed by atoms with E-state index < -0.39 is 11.2 Å². The fraction of sp³-hybridized carbons (Fsp3) is 0.294. The molecular weight excluding hydrogens is 322 g/mol. The van der Waals surface area contributed by atoms with Crippen molar-refractivity contribution in [1.29, 1.82) is 5.26 Å². The van der Waals surface area contributed by atoms with E-state index in [0.29, 0.717) is 12.1 Å². The van der Waals surface area contributed by atoms with E-state index in [1.165, 1.54) is 18.7 Å². The summed E-state index contributed by atoms with van der Waals surface area (Å²) in [6.45, 7) is 0.364. The first kappa shape index (κ1) is 18.0. The van der Waals surface area contributed by atoms with Gasteiger partial charge < -0.3 is 10.2 Å². The lowest BCUT2D eigenvalue weighted by Crippen LogP contribution is -2.41. The molecule has 0 saturated carbocycles. The van der Waals surface area contributed by atoms with E-state index in [1.807, 2.05) is 6.07 Å². The van der Waals surface area contributed by atoms with Gasteiger partial charge in [-0.2, -0.15) is 5.26 Å². The molecule has 0 aliphatic heterocycles. The third-order valence-electron chi connectivity index (χ3n) is 3.97. The first-order valence-corrected chi connectivity index (χ1v) is 7.54. The van der Waals surface area contributed by atoms with Gasteiger partial charge in [-0.05, 0) is 17.7 Å². The van der Waals surface area contributed by atoms with Crippen molar-refractivity contribution in [2.45, 2.75) is 6.54 Å². The summed E-state index contributed by atoms with van der Waals surface area (Å²) >= 11 is 0. The van der Waals surface area contributed by atoms with Crippen LogP contribution in [0.4, 0.5) is 5.82 Å². The van der Waals surface area contributed by atoms with Crippen LogP contribution in [-0.4, -0.2) is 29.1 Å². The number of nitrogens with one attached hydrogen (secondary N) is 1. The second kappa shape index (κ2) is 7.05. The summed E-state index contributed by atoms with van der Waals surface area (Å²) in [7, 11) is 6.11. The number of carbonyl (C=O) groups excluding carboxylic acids is 1. The number of rotatable bonds is 4. The lowest BCUT2D eigenvalue weighted by Gasteiger charge is -2.23. The normalized spacial score (nSPS) is 10.2. The average molecular weight is 341 g/mol. The fourth-order valence-corrected chi connectivity index (χ4v) is 2.63. The quantitative estimate of drug-likeness (QED) is 0.840. The van der Waals surface area contributed by atoms with E-state index in [9.17, 15) is 19.6 Å². The smallest absolute Gasteiger partial charge is 0.332 e. The molecule has 0 spiro atoms. The van der Waals surface area contributed by atoms with Crippen molar-refractivity contribution in [1.82, 2.24) is 14.5 Å². The molecule has 0 bridgehead atoms. The highest BCUT2D eigenvalue weighted by atomic mass is 16.2. The molecule has 1 N–H and O–H groups in total. The molecule has 2 aromatic rings. The van der Waals surface area contributed by atoms with E-state index in [4.69, 9.17) is 0 Å². The van der Waals surface area contributed by atoms with Crippen LogP contribution < -0.4 is 21.5 Å². The van der Waals surface area contributed by atoms with Gasteiger partial charge >= 0.3 is 5.69 Å². The van der Waals surface area contributed by atoms with E-state index in [-0.39, 0.29) is 17.3 Å². The lowest BCUT2D eigenvalue weighted by molar-refractivity contribution is 0.0963. The summed E-state index contributed by atoms with van der Waals surface area (Å²) in [5.74, 6) is 0.0756. The Labute approximate surface area is 144 Å². The van der Waals surface area contributed by atoms with Gasteiger partial charge in [0.05, 0.1) is 0 Å². The van der Waals surface area contributed by atoms with Crippen LogP contribution in [0, 0.1) is 11.3 Å². The Kier molecular flexibility index (Phi) is 5.08. The molecule has 25 heavy (non-hydrogen) atoms. The standard InChI is InChI=1S/C17H19N5O3/c1-19-14(23)12-7-5-11(6-8-12)10-20(2)15-13(9-18)16(24)22(4)17(25)21(15)3/h5-8H,10H2,1-4H3,(H,19,23). The molecule has 8 nitrogen and oxygen atoms in total. The molecule has 2 rings (SSSR count). The van der Waals surface area contributed by atoms with Crippen molar-refractivity contribution >= 4 is 11.7 Å². The summed E-state index contributed by atoms with van der Waals surface area (Å²) in [5.41, 5.74) is 0.192. The van der Waals surface area contributed by atoms with Crippen LogP contribution in [0.2, 0.25) is 0 Å². The lowest BCUT2D eigenvalue weighted by atomic mass is 10.1. The van der Waals surface area contributed by atoms with Crippen molar-refractivity contribution in [3.8, 4) is 6.07 Å². The van der Waals surface area contributed by atoms with Gasteiger partial charge in [0.15, 0.2) is 5.56 Å². The zero-order chi connectivity index (χ0) is 18.7. The minimum absolute atomic E-state index is 0.0888.